The molecule has 0 bridgehead atoms. The Kier molecular flexibility index (Phi) is 5.16. The van der Waals surface area contributed by atoms with E-state index in [0.717, 1.165) is 28.8 Å². The number of ether oxygens (including phenoxy) is 1. The lowest BCUT2D eigenvalue weighted by Gasteiger charge is -2.11. The molecule has 154 valence electrons. The van der Waals surface area contributed by atoms with Crippen molar-refractivity contribution < 1.29 is 9.53 Å². The number of para-hydroxylation sites is 2. The number of rotatable bonds is 5. The molecular weight excluding hydrogens is 376 g/mol. The number of benzene rings is 2. The summed E-state index contributed by atoms with van der Waals surface area (Å²) in [7, 11) is 0. The Morgan fingerprint density at radius 2 is 1.73 bits per heavy atom. The zero-order valence-corrected chi connectivity index (χ0v) is 17.8. The average molecular weight is 402 g/mol. The molecule has 4 rings (SSSR count). The Morgan fingerprint density at radius 3 is 2.37 bits per heavy atom. The molecule has 6 nitrogen and oxygen atoms in total. The van der Waals surface area contributed by atoms with E-state index in [1.807, 2.05) is 57.2 Å². The third-order valence-electron chi connectivity index (χ3n) is 5.36. The van der Waals surface area contributed by atoms with Gasteiger partial charge in [0.1, 0.15) is 16.9 Å². The van der Waals surface area contributed by atoms with Crippen LogP contribution in [0.4, 0.5) is 5.82 Å². The van der Waals surface area contributed by atoms with Crippen molar-refractivity contribution in [1.82, 2.24) is 14.5 Å². The summed E-state index contributed by atoms with van der Waals surface area (Å²) < 4.78 is 7.38. The molecule has 1 atom stereocenters. The molecule has 0 spiro atoms. The quantitative estimate of drug-likeness (QED) is 0.476. The molecule has 6 heteroatoms. The SMILES string of the molecule is CC[C@@H](C)COC(=O)c1c(N)n(-c2cc(C)cc(C)c2)c2nc3ccccc3nc12. The summed E-state index contributed by atoms with van der Waals surface area (Å²) in [6.45, 7) is 8.51. The highest BCUT2D eigenvalue weighted by Crippen LogP contribution is 2.32. The van der Waals surface area contributed by atoms with Crippen LogP contribution < -0.4 is 5.73 Å². The first-order chi connectivity index (χ1) is 14.4. The predicted octanol–water partition coefficient (Wildman–Crippen LogP) is 4.98. The maximum atomic E-state index is 13.0. The van der Waals surface area contributed by atoms with Gasteiger partial charge in [0, 0.05) is 5.69 Å². The van der Waals surface area contributed by atoms with E-state index < -0.39 is 5.97 Å². The molecule has 2 N–H and O–H groups in total. The second-order valence-electron chi connectivity index (χ2n) is 7.94. The number of carbonyl (C=O) groups is 1. The number of aromatic nitrogens is 3. The number of aryl methyl sites for hydroxylation is 2. The topological polar surface area (TPSA) is 83.0 Å². The summed E-state index contributed by atoms with van der Waals surface area (Å²) in [4.78, 5) is 22.6. The number of esters is 1. The summed E-state index contributed by atoms with van der Waals surface area (Å²) >= 11 is 0. The lowest BCUT2D eigenvalue weighted by Crippen LogP contribution is -2.13. The summed E-state index contributed by atoms with van der Waals surface area (Å²) in [5.74, 6) is 0.0971. The van der Waals surface area contributed by atoms with Crippen molar-refractivity contribution >= 4 is 34.0 Å². The van der Waals surface area contributed by atoms with Crippen LogP contribution in [0.25, 0.3) is 27.9 Å². The maximum Gasteiger partial charge on any atom is 0.344 e. The molecule has 4 aromatic rings. The van der Waals surface area contributed by atoms with Crippen molar-refractivity contribution in [3.05, 3.63) is 59.2 Å². The van der Waals surface area contributed by atoms with Gasteiger partial charge in [0.2, 0.25) is 0 Å². The van der Waals surface area contributed by atoms with Gasteiger partial charge in [0.15, 0.2) is 5.65 Å². The van der Waals surface area contributed by atoms with E-state index in [0.29, 0.717) is 29.1 Å². The molecule has 2 heterocycles. The van der Waals surface area contributed by atoms with E-state index >= 15 is 0 Å². The molecule has 0 aliphatic carbocycles. The van der Waals surface area contributed by atoms with E-state index in [4.69, 9.17) is 20.4 Å². The molecule has 0 radical (unpaired) electrons. The summed E-state index contributed by atoms with van der Waals surface area (Å²) in [5.41, 5.74) is 12.3. The fraction of sp³-hybridized carbons (Fsp3) is 0.292. The van der Waals surface area contributed by atoms with E-state index in [1.165, 1.54) is 0 Å². The van der Waals surface area contributed by atoms with Crippen molar-refractivity contribution in [3.8, 4) is 5.69 Å². The van der Waals surface area contributed by atoms with Crippen LogP contribution in [-0.2, 0) is 4.74 Å². The van der Waals surface area contributed by atoms with Gasteiger partial charge in [-0.3, -0.25) is 4.57 Å². The molecular formula is C24H26N4O2. The number of nitrogens with zero attached hydrogens (tertiary/aromatic N) is 3. The number of fused-ring (bicyclic) bond motifs is 2. The first-order valence-electron chi connectivity index (χ1n) is 10.2. The Hall–Kier alpha value is -3.41. The number of anilines is 1. The number of hydrogen-bond acceptors (Lipinski definition) is 5. The van der Waals surface area contributed by atoms with Gasteiger partial charge in [-0.15, -0.1) is 0 Å². The second-order valence-corrected chi connectivity index (χ2v) is 7.94. The van der Waals surface area contributed by atoms with Gasteiger partial charge in [0.25, 0.3) is 0 Å². The zero-order chi connectivity index (χ0) is 21.4. The van der Waals surface area contributed by atoms with E-state index in [-0.39, 0.29) is 11.5 Å². The summed E-state index contributed by atoms with van der Waals surface area (Å²) in [6.07, 6.45) is 0.928. The van der Waals surface area contributed by atoms with Crippen LogP contribution in [0.5, 0.6) is 0 Å². The smallest absolute Gasteiger partial charge is 0.344 e. The normalized spacial score (nSPS) is 12.4. The number of hydrogen-bond donors (Lipinski definition) is 1. The van der Waals surface area contributed by atoms with Gasteiger partial charge >= 0.3 is 5.97 Å². The van der Waals surface area contributed by atoms with Crippen molar-refractivity contribution in [2.24, 2.45) is 5.92 Å². The molecule has 0 unspecified atom stereocenters. The van der Waals surface area contributed by atoms with Gasteiger partial charge in [-0.1, -0.05) is 38.5 Å². The fourth-order valence-electron chi connectivity index (χ4n) is 3.61. The lowest BCUT2D eigenvalue weighted by atomic mass is 10.1. The van der Waals surface area contributed by atoms with Gasteiger partial charge in [-0.2, -0.15) is 0 Å². The monoisotopic (exact) mass is 402 g/mol. The zero-order valence-electron chi connectivity index (χ0n) is 17.8. The number of nitrogen functional groups attached to an aromatic ring is 1. The lowest BCUT2D eigenvalue weighted by molar-refractivity contribution is 0.0450. The standard InChI is InChI=1S/C24H26N4O2/c1-5-14(2)13-30-24(29)20-21-23(27-19-9-7-6-8-18(19)26-21)28(22(20)25)17-11-15(3)10-16(4)12-17/h6-12,14H,5,13,25H2,1-4H3/t14-/m1/s1. The predicted molar refractivity (Wildman–Crippen MR) is 120 cm³/mol. The van der Waals surface area contributed by atoms with E-state index in [9.17, 15) is 4.79 Å². The molecule has 30 heavy (non-hydrogen) atoms. The van der Waals surface area contributed by atoms with Crippen molar-refractivity contribution in [2.45, 2.75) is 34.1 Å². The highest BCUT2D eigenvalue weighted by molar-refractivity contribution is 6.09. The Balaban J connectivity index is 1.97. The summed E-state index contributed by atoms with van der Waals surface area (Å²) in [5, 5.41) is 0. The minimum absolute atomic E-state index is 0.269. The molecule has 0 fully saturated rings. The molecule has 2 aromatic heterocycles. The first-order valence-corrected chi connectivity index (χ1v) is 10.2. The van der Waals surface area contributed by atoms with Crippen LogP contribution in [0.15, 0.2) is 42.5 Å². The fourth-order valence-corrected chi connectivity index (χ4v) is 3.61. The van der Waals surface area contributed by atoms with Crippen LogP contribution in [-0.4, -0.2) is 27.1 Å². The minimum Gasteiger partial charge on any atom is -0.462 e. The van der Waals surface area contributed by atoms with Crippen molar-refractivity contribution in [2.75, 3.05) is 12.3 Å². The highest BCUT2D eigenvalue weighted by Gasteiger charge is 2.26. The number of carbonyl (C=O) groups excluding carboxylic acids is 1. The van der Waals surface area contributed by atoms with Crippen LogP contribution in [0.2, 0.25) is 0 Å². The molecule has 0 aliphatic heterocycles. The molecule has 0 amide bonds. The third-order valence-corrected chi connectivity index (χ3v) is 5.36. The van der Waals surface area contributed by atoms with E-state index in [1.54, 1.807) is 4.57 Å². The summed E-state index contributed by atoms with van der Waals surface area (Å²) in [6, 6.07) is 13.7. The van der Waals surface area contributed by atoms with Gasteiger partial charge in [-0.05, 0) is 55.2 Å². The number of nitrogens with two attached hydrogens (primary N) is 1. The van der Waals surface area contributed by atoms with Crippen molar-refractivity contribution in [1.29, 1.82) is 0 Å². The van der Waals surface area contributed by atoms with E-state index in [2.05, 4.69) is 13.0 Å². The van der Waals surface area contributed by atoms with Crippen molar-refractivity contribution in [3.63, 3.8) is 0 Å². The van der Waals surface area contributed by atoms with Gasteiger partial charge < -0.3 is 10.5 Å². The van der Waals surface area contributed by atoms with Crippen LogP contribution in [0, 0.1) is 19.8 Å². The van der Waals surface area contributed by atoms with Crippen LogP contribution in [0.3, 0.4) is 0 Å². The molecule has 0 aliphatic rings. The Labute approximate surface area is 175 Å². The van der Waals surface area contributed by atoms with Gasteiger partial charge in [0.05, 0.1) is 17.6 Å². The second kappa shape index (κ2) is 7.78. The highest BCUT2D eigenvalue weighted by atomic mass is 16.5. The molecule has 0 saturated heterocycles. The largest absolute Gasteiger partial charge is 0.462 e. The third kappa shape index (κ3) is 3.49. The first kappa shape index (κ1) is 19.9. The Bertz CT molecular complexity index is 1240. The average Bonchev–Trinajstić information content (AvgIpc) is 3.00. The Morgan fingerprint density at radius 1 is 1.10 bits per heavy atom. The van der Waals surface area contributed by atoms with Crippen LogP contribution >= 0.6 is 0 Å². The minimum atomic E-state index is -0.467. The molecule has 0 saturated carbocycles. The van der Waals surface area contributed by atoms with Gasteiger partial charge in [-0.25, -0.2) is 14.8 Å². The van der Waals surface area contributed by atoms with Crippen LogP contribution in [0.1, 0.15) is 41.8 Å². The maximum absolute atomic E-state index is 13.0. The molecule has 2 aromatic carbocycles.